The van der Waals surface area contributed by atoms with Crippen molar-refractivity contribution in [2.24, 2.45) is 0 Å². The molecule has 1 aromatic rings. The molecule has 18 heavy (non-hydrogen) atoms. The lowest BCUT2D eigenvalue weighted by Gasteiger charge is -2.20. The molecule has 0 saturated carbocycles. The highest BCUT2D eigenvalue weighted by Crippen LogP contribution is 2.23. The van der Waals surface area contributed by atoms with Crippen molar-refractivity contribution in [1.29, 1.82) is 0 Å². The maximum absolute atomic E-state index is 11.1. The average Bonchev–Trinajstić information content (AvgIpc) is 2.58. The normalized spacial score (nSPS) is 25.4. The molecule has 0 spiro atoms. The fraction of sp³-hybridized carbons (Fsp3) is 0.538. The van der Waals surface area contributed by atoms with Crippen LogP contribution in [-0.4, -0.2) is 38.3 Å². The van der Waals surface area contributed by atoms with Gasteiger partial charge in [0.1, 0.15) is 0 Å². The van der Waals surface area contributed by atoms with Crippen LogP contribution in [0.5, 0.6) is 0 Å². The molecule has 1 aliphatic rings. The van der Waals surface area contributed by atoms with Gasteiger partial charge in [-0.15, -0.1) is 0 Å². The van der Waals surface area contributed by atoms with Gasteiger partial charge in [-0.3, -0.25) is 9.08 Å². The minimum Gasteiger partial charge on any atom is -0.294 e. The topological polar surface area (TPSA) is 46.6 Å². The minimum atomic E-state index is -3.35. The van der Waals surface area contributed by atoms with Gasteiger partial charge in [0.15, 0.2) is 0 Å². The van der Waals surface area contributed by atoms with Crippen molar-refractivity contribution in [3.8, 4) is 0 Å². The maximum Gasteiger partial charge on any atom is 0.264 e. The predicted octanol–water partition coefficient (Wildman–Crippen LogP) is 1.63. The highest BCUT2D eigenvalue weighted by atomic mass is 32.2. The van der Waals surface area contributed by atoms with Crippen LogP contribution in [0.4, 0.5) is 0 Å². The standard InChI is InChI=1S/C13H19NO3S/c1-11-8-13(17-18(2,15)16)10-14(11)9-12-6-4-3-5-7-12/h3-7,11,13H,8-10H2,1-2H3/t11-,13-/m0/s1. The molecule has 1 aliphatic heterocycles. The van der Waals surface area contributed by atoms with Gasteiger partial charge in [0.25, 0.3) is 10.1 Å². The van der Waals surface area contributed by atoms with E-state index >= 15 is 0 Å². The van der Waals surface area contributed by atoms with Gasteiger partial charge in [0.05, 0.1) is 12.4 Å². The summed E-state index contributed by atoms with van der Waals surface area (Å²) in [5, 5.41) is 0. The molecule has 4 nitrogen and oxygen atoms in total. The van der Waals surface area contributed by atoms with E-state index in [1.54, 1.807) is 0 Å². The minimum absolute atomic E-state index is 0.210. The third-order valence-corrected chi connectivity index (χ3v) is 3.83. The summed E-state index contributed by atoms with van der Waals surface area (Å²) in [4.78, 5) is 2.26. The van der Waals surface area contributed by atoms with Gasteiger partial charge in [-0.2, -0.15) is 8.42 Å². The molecule has 0 aromatic heterocycles. The van der Waals surface area contributed by atoms with E-state index < -0.39 is 10.1 Å². The van der Waals surface area contributed by atoms with Gasteiger partial charge in [-0.25, -0.2) is 0 Å². The van der Waals surface area contributed by atoms with E-state index in [2.05, 4.69) is 24.0 Å². The summed E-state index contributed by atoms with van der Waals surface area (Å²) < 4.78 is 27.3. The third-order valence-electron chi connectivity index (χ3n) is 3.20. The third kappa shape index (κ3) is 3.80. The zero-order valence-electron chi connectivity index (χ0n) is 10.7. The van der Waals surface area contributed by atoms with Crippen LogP contribution in [0.15, 0.2) is 30.3 Å². The number of hydrogen-bond donors (Lipinski definition) is 0. The van der Waals surface area contributed by atoms with Crippen molar-refractivity contribution < 1.29 is 12.6 Å². The van der Waals surface area contributed by atoms with Crippen LogP contribution in [0.25, 0.3) is 0 Å². The van der Waals surface area contributed by atoms with Crippen molar-refractivity contribution in [2.75, 3.05) is 12.8 Å². The molecule has 0 bridgehead atoms. The van der Waals surface area contributed by atoms with E-state index in [1.165, 1.54) is 5.56 Å². The first kappa shape index (κ1) is 13.5. The zero-order chi connectivity index (χ0) is 13.2. The molecule has 1 fully saturated rings. The molecule has 100 valence electrons. The Labute approximate surface area is 109 Å². The second-order valence-electron chi connectivity index (χ2n) is 4.92. The van der Waals surface area contributed by atoms with Crippen LogP contribution in [-0.2, 0) is 20.8 Å². The highest BCUT2D eigenvalue weighted by Gasteiger charge is 2.31. The van der Waals surface area contributed by atoms with E-state index in [0.717, 1.165) is 19.2 Å². The lowest BCUT2D eigenvalue weighted by molar-refractivity contribution is 0.202. The quantitative estimate of drug-likeness (QED) is 0.779. The van der Waals surface area contributed by atoms with Gasteiger partial charge < -0.3 is 0 Å². The number of nitrogens with zero attached hydrogens (tertiary/aromatic N) is 1. The Morgan fingerprint density at radius 1 is 1.33 bits per heavy atom. The van der Waals surface area contributed by atoms with E-state index in [4.69, 9.17) is 4.18 Å². The van der Waals surface area contributed by atoms with Crippen LogP contribution < -0.4 is 0 Å². The zero-order valence-corrected chi connectivity index (χ0v) is 11.6. The van der Waals surface area contributed by atoms with E-state index in [9.17, 15) is 8.42 Å². The fourth-order valence-electron chi connectivity index (χ4n) is 2.40. The number of likely N-dealkylation sites (tertiary alicyclic amines) is 1. The van der Waals surface area contributed by atoms with Gasteiger partial charge in [-0.1, -0.05) is 30.3 Å². The largest absolute Gasteiger partial charge is 0.294 e. The summed E-state index contributed by atoms with van der Waals surface area (Å²) in [6.07, 6.45) is 1.66. The first-order chi connectivity index (χ1) is 8.44. The van der Waals surface area contributed by atoms with E-state index in [0.29, 0.717) is 12.6 Å². The fourth-order valence-corrected chi connectivity index (χ4v) is 3.03. The van der Waals surface area contributed by atoms with Crippen LogP contribution in [0.3, 0.4) is 0 Å². The smallest absolute Gasteiger partial charge is 0.264 e. The van der Waals surface area contributed by atoms with Crippen molar-refractivity contribution in [1.82, 2.24) is 4.90 Å². The van der Waals surface area contributed by atoms with E-state index in [-0.39, 0.29) is 6.10 Å². The molecule has 0 N–H and O–H groups in total. The summed E-state index contributed by atoms with van der Waals surface area (Å²) in [6, 6.07) is 10.5. The molecule has 2 rings (SSSR count). The average molecular weight is 269 g/mol. The summed E-state index contributed by atoms with van der Waals surface area (Å²) in [7, 11) is -3.35. The molecular formula is C13H19NO3S. The number of rotatable bonds is 4. The molecule has 0 amide bonds. The first-order valence-corrected chi connectivity index (χ1v) is 7.92. The highest BCUT2D eigenvalue weighted by molar-refractivity contribution is 7.86. The Hall–Kier alpha value is -0.910. The van der Waals surface area contributed by atoms with E-state index in [1.807, 2.05) is 18.2 Å². The van der Waals surface area contributed by atoms with Gasteiger partial charge in [0, 0.05) is 19.1 Å². The molecule has 0 unspecified atom stereocenters. The van der Waals surface area contributed by atoms with Crippen molar-refractivity contribution in [2.45, 2.75) is 32.0 Å². The van der Waals surface area contributed by atoms with Gasteiger partial charge in [-0.05, 0) is 18.9 Å². The molecule has 1 aromatic carbocycles. The molecule has 2 atom stereocenters. The predicted molar refractivity (Wildman–Crippen MR) is 70.6 cm³/mol. The van der Waals surface area contributed by atoms with Crippen LogP contribution >= 0.6 is 0 Å². The maximum atomic E-state index is 11.1. The van der Waals surface area contributed by atoms with Crippen LogP contribution in [0, 0.1) is 0 Å². The van der Waals surface area contributed by atoms with Crippen molar-refractivity contribution in [3.05, 3.63) is 35.9 Å². The van der Waals surface area contributed by atoms with Crippen LogP contribution in [0.1, 0.15) is 18.9 Å². The van der Waals surface area contributed by atoms with Gasteiger partial charge >= 0.3 is 0 Å². The van der Waals surface area contributed by atoms with Crippen molar-refractivity contribution in [3.63, 3.8) is 0 Å². The van der Waals surface area contributed by atoms with Crippen molar-refractivity contribution >= 4 is 10.1 Å². The Bertz CT molecular complexity index is 486. The Kier molecular flexibility index (Phi) is 4.04. The van der Waals surface area contributed by atoms with Crippen LogP contribution in [0.2, 0.25) is 0 Å². The summed E-state index contributed by atoms with van der Waals surface area (Å²) in [6.45, 7) is 3.61. The number of hydrogen-bond acceptors (Lipinski definition) is 4. The summed E-state index contributed by atoms with van der Waals surface area (Å²) in [5.41, 5.74) is 1.24. The second-order valence-corrected chi connectivity index (χ2v) is 6.52. The molecular weight excluding hydrogens is 250 g/mol. The Morgan fingerprint density at radius 2 is 2.00 bits per heavy atom. The first-order valence-electron chi connectivity index (χ1n) is 6.10. The molecule has 0 aliphatic carbocycles. The monoisotopic (exact) mass is 269 g/mol. The second kappa shape index (κ2) is 5.38. The lowest BCUT2D eigenvalue weighted by Crippen LogP contribution is -2.27. The Morgan fingerprint density at radius 3 is 2.61 bits per heavy atom. The molecule has 5 heteroatoms. The lowest BCUT2D eigenvalue weighted by atomic mass is 10.2. The summed E-state index contributed by atoms with van der Waals surface area (Å²) in [5.74, 6) is 0. The summed E-state index contributed by atoms with van der Waals surface area (Å²) >= 11 is 0. The SMILES string of the molecule is C[C@H]1C[C@H](OS(C)(=O)=O)CN1Cc1ccccc1. The molecule has 0 radical (unpaired) electrons. The Balaban J connectivity index is 1.95. The molecule has 1 heterocycles. The number of benzene rings is 1. The molecule has 1 saturated heterocycles. The van der Waals surface area contributed by atoms with Gasteiger partial charge in [0.2, 0.25) is 0 Å².